The first-order valence-electron chi connectivity index (χ1n) is 30.3. The zero-order valence-electron chi connectivity index (χ0n) is 55.4. The normalized spacial score (nSPS) is 22.6. The van der Waals surface area contributed by atoms with E-state index in [1.165, 1.54) is 0 Å². The van der Waals surface area contributed by atoms with Gasteiger partial charge in [-0.1, -0.05) is 95.4 Å². The lowest BCUT2D eigenvalue weighted by molar-refractivity contribution is 0.132. The number of isocyanates is 3. The van der Waals surface area contributed by atoms with E-state index in [9.17, 15) is 28.8 Å². The predicted octanol–water partition coefficient (Wildman–Crippen LogP) is 14.4. The summed E-state index contributed by atoms with van der Waals surface area (Å²) in [6.45, 7) is 49.8. The van der Waals surface area contributed by atoms with Gasteiger partial charge in [-0.3, -0.25) is 0 Å². The second-order valence-electron chi connectivity index (χ2n) is 26.2. The minimum absolute atomic E-state index is 0.000671. The summed E-state index contributed by atoms with van der Waals surface area (Å²) in [5.41, 5.74) is 0.000746. The topological polar surface area (TPSA) is 209 Å². The lowest BCUT2D eigenvalue weighted by atomic mass is 9.73. The van der Waals surface area contributed by atoms with E-state index in [1.54, 1.807) is 18.2 Å². The van der Waals surface area contributed by atoms with E-state index < -0.39 is 3.81 Å². The highest BCUT2D eigenvalue weighted by atomic mass is 127. The first-order chi connectivity index (χ1) is 37.3. The molecule has 0 heterocycles. The van der Waals surface area contributed by atoms with E-state index in [0.29, 0.717) is 43.8 Å². The minimum Gasteiger partial charge on any atom is -0.337 e. The summed E-state index contributed by atoms with van der Waals surface area (Å²) in [5.74, 6) is 0. The van der Waals surface area contributed by atoms with Crippen molar-refractivity contribution < 1.29 is 28.8 Å². The van der Waals surface area contributed by atoms with Gasteiger partial charge in [-0.2, -0.15) is 0 Å². The maximum Gasteiger partial charge on any atom is 0.318 e. The summed E-state index contributed by atoms with van der Waals surface area (Å²) < 4.78 is 6.19. The van der Waals surface area contributed by atoms with Gasteiger partial charge in [-0.15, -0.1) is 0 Å². The Kier molecular flexibility index (Phi) is 44.2. The van der Waals surface area contributed by atoms with Crippen molar-refractivity contribution in [1.82, 2.24) is 41.3 Å². The molecule has 17 nitrogen and oxygen atoms in total. The van der Waals surface area contributed by atoms with Crippen LogP contribution in [-0.4, -0.2) is 150 Å². The van der Waals surface area contributed by atoms with Crippen molar-refractivity contribution in [2.75, 3.05) is 19.6 Å². The molecule has 3 saturated carbocycles. The summed E-state index contributed by atoms with van der Waals surface area (Å²) in [6, 6.07) is 3.97. The number of hydrogen-bond acceptors (Lipinski definition) is 11. The van der Waals surface area contributed by atoms with Gasteiger partial charge in [0.25, 0.3) is 0 Å². The maximum absolute atomic E-state index is 12.7. The molecule has 0 aromatic carbocycles. The number of nitrogens with one attached hydrogen (secondary N) is 5. The fourth-order valence-electron chi connectivity index (χ4n) is 11.4. The van der Waals surface area contributed by atoms with Crippen molar-refractivity contribution >= 4 is 84.2 Å². The Morgan fingerprint density at radius 3 is 1.11 bits per heavy atom. The molecule has 6 amide bonds. The predicted molar refractivity (Wildman–Crippen MR) is 355 cm³/mol. The first kappa shape index (κ1) is 79.8. The van der Waals surface area contributed by atoms with Crippen molar-refractivity contribution in [2.24, 2.45) is 31.2 Å². The van der Waals surface area contributed by atoms with Gasteiger partial charge in [0.1, 0.15) is 0 Å². The molecule has 5 N–H and O–H groups in total. The smallest absolute Gasteiger partial charge is 0.318 e. The van der Waals surface area contributed by atoms with Gasteiger partial charge in [0, 0.05) is 82.9 Å². The van der Waals surface area contributed by atoms with Crippen molar-refractivity contribution in [2.45, 2.75) is 315 Å². The number of hydrogen-bond donors (Lipinski definition) is 5. The number of urea groups is 3. The molecule has 3 aliphatic rings. The summed E-state index contributed by atoms with van der Waals surface area (Å²) in [5, 5.41) is 16.2. The zero-order valence-corrected chi connectivity index (χ0v) is 59.7. The fraction of sp³-hybridized carbons (Fsp3) is 0.900. The third-order valence-electron chi connectivity index (χ3n) is 14.2. The SMILES string of the molecule is CC(C)N(C(=O)NC1CCCC(C)(CN=C=O)C1)C(C)C.CC(C)N(C(=O)NCC1(C)CCCC(NC(=O)N(C(C)C)C(C)C)C1)C(C)C.CC(C)NC(C)C.CC(C)NC(C)C.CC1(CN=C=O)CCCC(N=C=O)C1.[2H]P(I)I. The zero-order chi connectivity index (χ0) is 63.4. The number of aliphatic imine (C=N–C) groups is 3. The fourth-order valence-corrected chi connectivity index (χ4v) is 11.4. The van der Waals surface area contributed by atoms with Crippen molar-refractivity contribution in [3.05, 3.63) is 0 Å². The van der Waals surface area contributed by atoms with Crippen LogP contribution in [0.1, 0.15) is 236 Å². The minimum atomic E-state index is -0.430. The van der Waals surface area contributed by atoms with E-state index in [1.807, 2.05) is 70.1 Å². The van der Waals surface area contributed by atoms with E-state index in [2.05, 4.69) is 189 Å². The Morgan fingerprint density at radius 2 is 0.812 bits per heavy atom. The molecule has 468 valence electrons. The molecule has 3 aliphatic carbocycles. The summed E-state index contributed by atoms with van der Waals surface area (Å²) in [4.78, 5) is 85.1. The van der Waals surface area contributed by atoms with Crippen LogP contribution < -0.4 is 26.6 Å². The Labute approximate surface area is 517 Å². The molecule has 0 radical (unpaired) electrons. The van der Waals surface area contributed by atoms with Gasteiger partial charge in [0.05, 0.1) is 20.4 Å². The molecule has 80 heavy (non-hydrogen) atoms. The molecule has 0 aromatic heterocycles. The third kappa shape index (κ3) is 38.6. The largest absolute Gasteiger partial charge is 0.337 e. The molecule has 0 aromatic rings. The van der Waals surface area contributed by atoms with Crippen LogP contribution in [0, 0.1) is 16.2 Å². The summed E-state index contributed by atoms with van der Waals surface area (Å²) >= 11 is 4.12. The van der Waals surface area contributed by atoms with Crippen LogP contribution in [-0.2, 0) is 14.4 Å². The molecular formula is C60H118I2N11O6P. The van der Waals surface area contributed by atoms with E-state index in [0.717, 1.165) is 77.0 Å². The van der Waals surface area contributed by atoms with Gasteiger partial charge < -0.3 is 41.3 Å². The van der Waals surface area contributed by atoms with E-state index in [4.69, 9.17) is 1.28 Å². The molecular weight excluding hydrogens is 1260 g/mol. The van der Waals surface area contributed by atoms with Crippen LogP contribution in [0.2, 0.25) is 0 Å². The molecule has 0 saturated heterocycles. The molecule has 0 spiro atoms. The quantitative estimate of drug-likeness (QED) is 0.0363. The van der Waals surface area contributed by atoms with Crippen LogP contribution >= 0.6 is 47.9 Å². The van der Waals surface area contributed by atoms with Crippen LogP contribution in [0.25, 0.3) is 0 Å². The number of rotatable bonds is 19. The first-order valence-corrected chi connectivity index (χ1v) is 36.3. The number of nitrogens with zero attached hydrogens (tertiary/aromatic N) is 6. The van der Waals surface area contributed by atoms with Crippen molar-refractivity contribution in [1.29, 1.82) is 1.28 Å². The molecule has 0 aliphatic heterocycles. The highest BCUT2D eigenvalue weighted by molar-refractivity contribution is 14.3. The molecule has 3 fully saturated rings. The van der Waals surface area contributed by atoms with Gasteiger partial charge in [0.2, 0.25) is 18.2 Å². The number of halogens is 2. The number of carbonyl (C=O) groups excluding carboxylic acids is 6. The summed E-state index contributed by atoms with van der Waals surface area (Å²) in [7, 11) is 0. The van der Waals surface area contributed by atoms with Crippen LogP contribution in [0.5, 0.6) is 0 Å². The Bertz CT molecular complexity index is 1830. The third-order valence-corrected chi connectivity index (χ3v) is 14.2. The van der Waals surface area contributed by atoms with Crippen LogP contribution in [0.3, 0.4) is 0 Å². The van der Waals surface area contributed by atoms with E-state index >= 15 is 0 Å². The highest BCUT2D eigenvalue weighted by Crippen LogP contribution is 2.38. The number of amides is 6. The van der Waals surface area contributed by atoms with Crippen molar-refractivity contribution in [3.8, 4) is 0 Å². The van der Waals surface area contributed by atoms with Gasteiger partial charge in [-0.25, -0.2) is 43.7 Å². The Balaban J connectivity index is -0.00000100. The Morgan fingerprint density at radius 1 is 0.512 bits per heavy atom. The van der Waals surface area contributed by atoms with Gasteiger partial charge >= 0.3 is 18.1 Å². The second-order valence-corrected chi connectivity index (χ2v) is 34.7. The maximum atomic E-state index is 12.7. The lowest BCUT2D eigenvalue weighted by Crippen LogP contribution is -2.54. The molecule has 6 atom stereocenters. The molecule has 3 rings (SSSR count). The van der Waals surface area contributed by atoms with Crippen LogP contribution in [0.4, 0.5) is 14.4 Å². The highest BCUT2D eigenvalue weighted by Gasteiger charge is 2.37. The summed E-state index contributed by atoms with van der Waals surface area (Å²) in [6.07, 6.45) is 16.6. The van der Waals surface area contributed by atoms with Crippen molar-refractivity contribution in [3.63, 3.8) is 0 Å². The Hall–Kier alpha value is -2.24. The van der Waals surface area contributed by atoms with Crippen LogP contribution in [0.15, 0.2) is 15.0 Å². The van der Waals surface area contributed by atoms with Gasteiger partial charge in [0.15, 0.2) is 0 Å². The standard InChI is InChI=1S/C22H44N4O2.C16H29N3O2.C10H14N2O2.2C6H15N.HI2P/c1-15(2)25(16(3)4)20(27)23-14-22(9)12-10-11-19(13-22)24-21(28)26(17(5)6)18(7)8;1-12(2)19(13(3)4)15(21)18-14-7-6-8-16(5,9-14)10-17-11-20;1-10(6-11-7-13)4-2-3-9(5-10)12-8-14;2*1-5(2)7-6(3)4;1-3-2/h15-19H,10-14H2,1-9H3,(H,23,27)(H,24,28);12-14H,6-10H2,1-5H3,(H,18,21);9H,2-6H2,1H3;2*5-7H,1-4H3;3H/i;;;;;3D. The lowest BCUT2D eigenvalue weighted by Gasteiger charge is -2.41. The average molecular weight is 1380 g/mol. The molecule has 0 bridgehead atoms. The molecule has 20 heteroatoms. The second kappa shape index (κ2) is 44.3. The van der Waals surface area contributed by atoms with E-state index in [-0.39, 0.29) is 88.7 Å². The van der Waals surface area contributed by atoms with Gasteiger partial charge in [-0.05, 0) is 201 Å². The monoisotopic (exact) mass is 1370 g/mol. The average Bonchev–Trinajstić information content (AvgIpc) is 3.29. The molecule has 6 unspecified atom stereocenters. The number of carbonyl (C=O) groups is 3.